The van der Waals surface area contributed by atoms with Crippen LogP contribution in [-0.2, 0) is 17.9 Å². The number of carboxylic acids is 1. The Morgan fingerprint density at radius 3 is 2.65 bits per heavy atom. The van der Waals surface area contributed by atoms with Gasteiger partial charge in [0.15, 0.2) is 5.82 Å². The second-order valence-corrected chi connectivity index (χ2v) is 6.48. The molecular weight excluding hydrogens is 402 g/mol. The molecule has 134 valence electrons. The third-order valence-corrected chi connectivity index (χ3v) is 4.16. The Balaban J connectivity index is 1.64. The van der Waals surface area contributed by atoms with Gasteiger partial charge in [-0.05, 0) is 23.8 Å². The number of nitrogens with one attached hydrogen (secondary N) is 1. The molecule has 0 atom stereocenters. The number of anilines is 1. The number of amides is 1. The van der Waals surface area contributed by atoms with Crippen molar-refractivity contribution in [3.05, 3.63) is 64.5 Å². The van der Waals surface area contributed by atoms with Gasteiger partial charge in [0.2, 0.25) is 0 Å². The average molecular weight is 418 g/mol. The Morgan fingerprint density at radius 1 is 1.15 bits per heavy atom. The van der Waals surface area contributed by atoms with Crippen molar-refractivity contribution in [3.63, 3.8) is 0 Å². The minimum absolute atomic E-state index is 0.107. The predicted molar refractivity (Wildman–Crippen MR) is 97.9 cm³/mol. The van der Waals surface area contributed by atoms with Crippen LogP contribution in [0.5, 0.6) is 0 Å². The van der Waals surface area contributed by atoms with Crippen LogP contribution in [0.25, 0.3) is 0 Å². The zero-order valence-electron chi connectivity index (χ0n) is 13.7. The molecule has 2 N–H and O–H groups in total. The van der Waals surface area contributed by atoms with E-state index >= 15 is 0 Å². The van der Waals surface area contributed by atoms with Gasteiger partial charge in [-0.2, -0.15) is 10.2 Å². The van der Waals surface area contributed by atoms with E-state index in [4.69, 9.17) is 5.11 Å². The van der Waals surface area contributed by atoms with E-state index < -0.39 is 5.97 Å². The van der Waals surface area contributed by atoms with Gasteiger partial charge in [-0.25, -0.2) is 0 Å². The molecule has 0 unspecified atom stereocenters. The lowest BCUT2D eigenvalue weighted by molar-refractivity contribution is -0.137. The summed E-state index contributed by atoms with van der Waals surface area (Å²) < 4.78 is 4.09. The van der Waals surface area contributed by atoms with Crippen LogP contribution < -0.4 is 5.32 Å². The van der Waals surface area contributed by atoms with Gasteiger partial charge in [0.05, 0.1) is 19.5 Å². The van der Waals surface area contributed by atoms with E-state index in [1.807, 2.05) is 24.3 Å². The van der Waals surface area contributed by atoms with Crippen molar-refractivity contribution >= 4 is 33.6 Å². The largest absolute Gasteiger partial charge is 0.481 e. The van der Waals surface area contributed by atoms with Crippen LogP contribution in [0.2, 0.25) is 0 Å². The first-order valence-corrected chi connectivity index (χ1v) is 8.63. The summed E-state index contributed by atoms with van der Waals surface area (Å²) in [5.41, 5.74) is 1.37. The van der Waals surface area contributed by atoms with E-state index in [9.17, 15) is 9.59 Å². The highest BCUT2D eigenvalue weighted by molar-refractivity contribution is 9.10. The summed E-state index contributed by atoms with van der Waals surface area (Å²) in [4.78, 5) is 23.1. The van der Waals surface area contributed by atoms with Crippen LogP contribution in [0.15, 0.2) is 53.3 Å². The van der Waals surface area contributed by atoms with Crippen molar-refractivity contribution < 1.29 is 14.7 Å². The number of carbonyl (C=O) groups excluding carboxylic acids is 1. The number of carbonyl (C=O) groups is 2. The van der Waals surface area contributed by atoms with Gasteiger partial charge in [-0.3, -0.25) is 19.0 Å². The highest BCUT2D eigenvalue weighted by atomic mass is 79.9. The van der Waals surface area contributed by atoms with Crippen LogP contribution in [0.3, 0.4) is 0 Å². The lowest BCUT2D eigenvalue weighted by Crippen LogP contribution is -2.19. The molecule has 0 saturated carbocycles. The molecule has 0 bridgehead atoms. The SMILES string of the molecule is O=C(O)CCn1nccc1C(=O)Nc1ccn(Cc2ccc(Br)cc2)n1. The molecule has 2 heterocycles. The van der Waals surface area contributed by atoms with Crippen molar-refractivity contribution in [2.75, 3.05) is 5.32 Å². The summed E-state index contributed by atoms with van der Waals surface area (Å²) in [7, 11) is 0. The average Bonchev–Trinajstić information content (AvgIpc) is 3.24. The first kappa shape index (κ1) is 17.9. The van der Waals surface area contributed by atoms with E-state index in [0.29, 0.717) is 12.4 Å². The van der Waals surface area contributed by atoms with Crippen LogP contribution in [-0.4, -0.2) is 36.5 Å². The van der Waals surface area contributed by atoms with Gasteiger partial charge >= 0.3 is 5.97 Å². The quantitative estimate of drug-likeness (QED) is 0.614. The van der Waals surface area contributed by atoms with Crippen LogP contribution in [0.1, 0.15) is 22.5 Å². The van der Waals surface area contributed by atoms with E-state index in [1.54, 1.807) is 16.9 Å². The Bertz CT molecular complexity index is 917. The molecule has 26 heavy (non-hydrogen) atoms. The molecule has 2 aromatic heterocycles. The fourth-order valence-corrected chi connectivity index (χ4v) is 2.64. The third-order valence-electron chi connectivity index (χ3n) is 3.63. The monoisotopic (exact) mass is 417 g/mol. The Kier molecular flexibility index (Phi) is 5.47. The predicted octanol–water partition coefficient (Wildman–Crippen LogP) is 2.62. The number of benzene rings is 1. The van der Waals surface area contributed by atoms with E-state index in [2.05, 4.69) is 31.4 Å². The molecule has 0 aliphatic rings. The van der Waals surface area contributed by atoms with Gasteiger partial charge in [-0.15, -0.1) is 0 Å². The zero-order chi connectivity index (χ0) is 18.5. The fourth-order valence-electron chi connectivity index (χ4n) is 2.38. The standard InChI is InChI=1S/C17H16BrN5O3/c18-13-3-1-12(2-4-13)11-22-9-6-15(21-22)20-17(26)14-5-8-19-23(14)10-7-16(24)25/h1-6,8-9H,7,10-11H2,(H,24,25)(H,20,21,26). The van der Waals surface area contributed by atoms with E-state index in [0.717, 1.165) is 10.0 Å². The molecular formula is C17H16BrN5O3. The lowest BCUT2D eigenvalue weighted by Gasteiger charge is -2.06. The molecule has 0 saturated heterocycles. The fraction of sp³-hybridized carbons (Fsp3) is 0.176. The maximum atomic E-state index is 12.4. The maximum Gasteiger partial charge on any atom is 0.305 e. The van der Waals surface area contributed by atoms with E-state index in [1.165, 1.54) is 16.9 Å². The minimum Gasteiger partial charge on any atom is -0.481 e. The number of hydrogen-bond donors (Lipinski definition) is 2. The molecule has 1 aromatic carbocycles. The topological polar surface area (TPSA) is 102 Å². The van der Waals surface area contributed by atoms with Crippen molar-refractivity contribution in [3.8, 4) is 0 Å². The van der Waals surface area contributed by atoms with Crippen molar-refractivity contribution in [1.29, 1.82) is 0 Å². The first-order chi connectivity index (χ1) is 12.5. The summed E-state index contributed by atoms with van der Waals surface area (Å²) in [6, 6.07) is 11.1. The molecule has 0 aliphatic heterocycles. The number of rotatable bonds is 7. The maximum absolute atomic E-state index is 12.4. The summed E-state index contributed by atoms with van der Waals surface area (Å²) in [6.45, 7) is 0.711. The van der Waals surface area contributed by atoms with Gasteiger partial charge in [0.1, 0.15) is 5.69 Å². The number of carboxylic acid groups (broad SMARTS) is 1. The summed E-state index contributed by atoms with van der Waals surface area (Å²) >= 11 is 3.40. The first-order valence-electron chi connectivity index (χ1n) is 7.84. The van der Waals surface area contributed by atoms with Gasteiger partial charge in [-0.1, -0.05) is 28.1 Å². The lowest BCUT2D eigenvalue weighted by atomic mass is 10.2. The molecule has 0 radical (unpaired) electrons. The van der Waals surface area contributed by atoms with Crippen LogP contribution in [0, 0.1) is 0 Å². The molecule has 3 rings (SSSR count). The second kappa shape index (κ2) is 7.96. The van der Waals surface area contributed by atoms with E-state index in [-0.39, 0.29) is 24.6 Å². The highest BCUT2D eigenvalue weighted by Gasteiger charge is 2.14. The van der Waals surface area contributed by atoms with Crippen molar-refractivity contribution in [1.82, 2.24) is 19.6 Å². The minimum atomic E-state index is -0.946. The number of aryl methyl sites for hydroxylation is 1. The Labute approximate surface area is 157 Å². The summed E-state index contributed by atoms with van der Waals surface area (Å²) in [6.07, 6.45) is 3.13. The Hall–Kier alpha value is -2.94. The summed E-state index contributed by atoms with van der Waals surface area (Å²) in [5, 5.41) is 19.8. The Morgan fingerprint density at radius 2 is 1.92 bits per heavy atom. The number of nitrogens with zero attached hydrogens (tertiary/aromatic N) is 4. The van der Waals surface area contributed by atoms with Crippen LogP contribution >= 0.6 is 15.9 Å². The normalized spacial score (nSPS) is 10.7. The molecule has 8 nitrogen and oxygen atoms in total. The molecule has 1 amide bonds. The molecule has 0 spiro atoms. The van der Waals surface area contributed by atoms with Gasteiger partial charge in [0, 0.05) is 22.9 Å². The number of aromatic nitrogens is 4. The van der Waals surface area contributed by atoms with Gasteiger partial charge < -0.3 is 10.4 Å². The van der Waals surface area contributed by atoms with Crippen molar-refractivity contribution in [2.45, 2.75) is 19.5 Å². The molecule has 3 aromatic rings. The number of aliphatic carboxylic acids is 1. The highest BCUT2D eigenvalue weighted by Crippen LogP contribution is 2.13. The number of hydrogen-bond acceptors (Lipinski definition) is 4. The van der Waals surface area contributed by atoms with Crippen molar-refractivity contribution in [2.24, 2.45) is 0 Å². The molecule has 0 fully saturated rings. The smallest absolute Gasteiger partial charge is 0.305 e. The van der Waals surface area contributed by atoms with Gasteiger partial charge in [0.25, 0.3) is 5.91 Å². The zero-order valence-corrected chi connectivity index (χ0v) is 15.3. The number of halogens is 1. The molecule has 0 aliphatic carbocycles. The second-order valence-electron chi connectivity index (χ2n) is 5.56. The molecule has 9 heteroatoms. The van der Waals surface area contributed by atoms with Crippen LogP contribution in [0.4, 0.5) is 5.82 Å². The third kappa shape index (κ3) is 4.57. The summed E-state index contributed by atoms with van der Waals surface area (Å²) in [5.74, 6) is -0.918.